The second-order valence-electron chi connectivity index (χ2n) is 9.73. The second kappa shape index (κ2) is 6.82. The van der Waals surface area contributed by atoms with E-state index in [9.17, 15) is 23.1 Å². The van der Waals surface area contributed by atoms with Gasteiger partial charge >= 0.3 is 6.18 Å². The Morgan fingerprint density at radius 3 is 2.65 bits per heavy atom. The third-order valence-electron chi connectivity index (χ3n) is 7.09. The lowest BCUT2D eigenvalue weighted by molar-refractivity contribution is -0.150. The van der Waals surface area contributed by atoms with E-state index in [1.165, 1.54) is 10.8 Å². The van der Waals surface area contributed by atoms with E-state index in [0.29, 0.717) is 40.4 Å². The maximum Gasteiger partial charge on any atom is 0.393 e. The summed E-state index contributed by atoms with van der Waals surface area (Å²) in [5.74, 6) is -0.415. The fourth-order valence-corrected chi connectivity index (χ4v) is 5.26. The minimum atomic E-state index is -4.32. The molecule has 0 aliphatic heterocycles. The van der Waals surface area contributed by atoms with Gasteiger partial charge in [-0.3, -0.25) is 9.20 Å². The number of aromatic nitrogens is 4. The first-order valence-corrected chi connectivity index (χ1v) is 11.1. The Morgan fingerprint density at radius 2 is 1.97 bits per heavy atom. The number of alkyl halides is 3. The van der Waals surface area contributed by atoms with Crippen molar-refractivity contribution in [2.24, 2.45) is 5.92 Å². The molecule has 0 spiro atoms. The number of aliphatic hydroxyl groups is 1. The van der Waals surface area contributed by atoms with E-state index in [1.54, 1.807) is 37.5 Å². The van der Waals surface area contributed by atoms with Gasteiger partial charge in [0.2, 0.25) is 0 Å². The zero-order valence-electron chi connectivity index (χ0n) is 18.3. The third-order valence-corrected chi connectivity index (χ3v) is 7.09. The molecular weight excluding hydrogens is 447 g/mol. The number of pyridine rings is 1. The van der Waals surface area contributed by atoms with Crippen LogP contribution in [0.1, 0.15) is 44.0 Å². The molecule has 3 heterocycles. The van der Waals surface area contributed by atoms with Crippen LogP contribution in [-0.2, 0) is 0 Å². The lowest BCUT2D eigenvalue weighted by Gasteiger charge is -2.40. The van der Waals surface area contributed by atoms with Gasteiger partial charge in [-0.15, -0.1) is 0 Å². The van der Waals surface area contributed by atoms with Gasteiger partial charge in [0.15, 0.2) is 0 Å². The molecule has 0 saturated heterocycles. The highest BCUT2D eigenvalue weighted by Crippen LogP contribution is 2.52. The SMILES string of the molecule is CC1(O)CC(c2nc(-c3ccc4ccn([C@H]5C[C@@H]5C(F)(F)F)c(=O)c4c3)c3c(N)nccn23)C1. The molecule has 2 atom stereocenters. The molecule has 1 aromatic carbocycles. The highest BCUT2D eigenvalue weighted by Gasteiger charge is 2.57. The van der Waals surface area contributed by atoms with Crippen LogP contribution < -0.4 is 11.3 Å². The van der Waals surface area contributed by atoms with Gasteiger partial charge in [0.25, 0.3) is 5.56 Å². The molecule has 0 bridgehead atoms. The lowest BCUT2D eigenvalue weighted by Crippen LogP contribution is -2.40. The van der Waals surface area contributed by atoms with Crippen molar-refractivity contribution in [3.8, 4) is 11.3 Å². The van der Waals surface area contributed by atoms with Crippen molar-refractivity contribution >= 4 is 22.1 Å². The molecule has 2 aliphatic rings. The average molecular weight is 469 g/mol. The van der Waals surface area contributed by atoms with Crippen LogP contribution in [0.2, 0.25) is 0 Å². The molecule has 4 aromatic rings. The van der Waals surface area contributed by atoms with E-state index in [4.69, 9.17) is 10.7 Å². The summed E-state index contributed by atoms with van der Waals surface area (Å²) in [6.07, 6.45) is 1.52. The van der Waals surface area contributed by atoms with Crippen molar-refractivity contribution < 1.29 is 18.3 Å². The first kappa shape index (κ1) is 21.2. The van der Waals surface area contributed by atoms with Gasteiger partial charge < -0.3 is 15.4 Å². The molecule has 176 valence electrons. The number of benzene rings is 1. The van der Waals surface area contributed by atoms with Gasteiger partial charge in [-0.05, 0) is 43.7 Å². The number of halogens is 3. The minimum Gasteiger partial charge on any atom is -0.390 e. The Kier molecular flexibility index (Phi) is 4.24. The van der Waals surface area contributed by atoms with Gasteiger partial charge in [-0.1, -0.05) is 12.1 Å². The fraction of sp³-hybridized carbons (Fsp3) is 0.375. The van der Waals surface area contributed by atoms with Crippen molar-refractivity contribution in [1.29, 1.82) is 0 Å². The Balaban J connectivity index is 1.48. The summed E-state index contributed by atoms with van der Waals surface area (Å²) in [4.78, 5) is 22.2. The van der Waals surface area contributed by atoms with E-state index in [0.717, 1.165) is 5.82 Å². The molecule has 0 unspecified atom stereocenters. The number of hydrogen-bond acceptors (Lipinski definition) is 5. The predicted octanol–water partition coefficient (Wildman–Crippen LogP) is 4.05. The van der Waals surface area contributed by atoms with Crippen LogP contribution in [0.4, 0.5) is 19.0 Å². The van der Waals surface area contributed by atoms with Crippen molar-refractivity contribution in [1.82, 2.24) is 18.9 Å². The zero-order chi connectivity index (χ0) is 24.0. The van der Waals surface area contributed by atoms with Crippen LogP contribution >= 0.6 is 0 Å². The van der Waals surface area contributed by atoms with Crippen LogP contribution in [0.5, 0.6) is 0 Å². The monoisotopic (exact) mass is 469 g/mol. The number of nitrogen functional groups attached to an aromatic ring is 1. The van der Waals surface area contributed by atoms with Gasteiger partial charge in [-0.25, -0.2) is 9.97 Å². The lowest BCUT2D eigenvalue weighted by atomic mass is 9.72. The summed E-state index contributed by atoms with van der Waals surface area (Å²) in [5, 5.41) is 11.2. The Bertz CT molecular complexity index is 1510. The zero-order valence-corrected chi connectivity index (χ0v) is 18.3. The standard InChI is InChI=1S/C24H22F3N5O2/c1-23(34)10-14(11-23)21-30-18(19-20(28)29-5-7-32(19)21)13-3-2-12-4-6-31(22(33)15(12)8-13)17-9-16(17)24(25,26)27/h2-8,14,16-17,34H,9-11H2,1H3,(H2,28,29)/t14?,16-,17-,23?/m0/s1. The van der Waals surface area contributed by atoms with E-state index >= 15 is 0 Å². The highest BCUT2D eigenvalue weighted by atomic mass is 19.4. The molecule has 6 rings (SSSR count). The van der Waals surface area contributed by atoms with E-state index < -0.39 is 29.3 Å². The second-order valence-corrected chi connectivity index (χ2v) is 9.73. The molecule has 2 aliphatic carbocycles. The first-order chi connectivity index (χ1) is 16.0. The normalized spacial score (nSPS) is 26.7. The first-order valence-electron chi connectivity index (χ1n) is 11.1. The largest absolute Gasteiger partial charge is 0.393 e. The minimum absolute atomic E-state index is 0.0462. The highest BCUT2D eigenvalue weighted by molar-refractivity contribution is 5.91. The summed E-state index contributed by atoms with van der Waals surface area (Å²) in [6, 6.07) is 6.03. The van der Waals surface area contributed by atoms with Crippen LogP contribution in [-0.4, -0.2) is 35.8 Å². The number of hydrogen-bond donors (Lipinski definition) is 2. The third kappa shape index (κ3) is 3.19. The number of nitrogens with two attached hydrogens (primary N) is 1. The quantitative estimate of drug-likeness (QED) is 0.472. The maximum atomic E-state index is 13.1. The molecule has 0 radical (unpaired) electrons. The molecule has 10 heteroatoms. The van der Waals surface area contributed by atoms with Gasteiger partial charge in [0.05, 0.1) is 11.5 Å². The molecule has 3 aromatic heterocycles. The van der Waals surface area contributed by atoms with Crippen LogP contribution in [0.15, 0.2) is 47.7 Å². The predicted molar refractivity (Wildman–Crippen MR) is 120 cm³/mol. The van der Waals surface area contributed by atoms with Crippen molar-refractivity contribution in [3.63, 3.8) is 0 Å². The number of anilines is 1. The summed E-state index contributed by atoms with van der Waals surface area (Å²) >= 11 is 0. The van der Waals surface area contributed by atoms with E-state index in [-0.39, 0.29) is 18.2 Å². The van der Waals surface area contributed by atoms with Gasteiger partial charge in [0, 0.05) is 41.5 Å². The van der Waals surface area contributed by atoms with Crippen molar-refractivity contribution in [3.05, 3.63) is 59.0 Å². The van der Waals surface area contributed by atoms with Crippen LogP contribution in [0, 0.1) is 5.92 Å². The number of nitrogens with zero attached hydrogens (tertiary/aromatic N) is 4. The summed E-state index contributed by atoms with van der Waals surface area (Å²) in [6.45, 7) is 1.79. The summed E-state index contributed by atoms with van der Waals surface area (Å²) in [5.41, 5.74) is 6.77. The Hall–Kier alpha value is -3.40. The van der Waals surface area contributed by atoms with Crippen molar-refractivity contribution in [2.45, 2.75) is 49.9 Å². The van der Waals surface area contributed by atoms with E-state index in [2.05, 4.69) is 4.98 Å². The van der Waals surface area contributed by atoms with Crippen LogP contribution in [0.3, 0.4) is 0 Å². The van der Waals surface area contributed by atoms with Gasteiger partial charge in [0.1, 0.15) is 22.9 Å². The maximum absolute atomic E-state index is 13.1. The van der Waals surface area contributed by atoms with E-state index in [1.807, 2.05) is 10.5 Å². The van der Waals surface area contributed by atoms with Crippen LogP contribution in [0.25, 0.3) is 27.5 Å². The molecule has 0 amide bonds. The topological polar surface area (TPSA) is 98.4 Å². The van der Waals surface area contributed by atoms with Crippen molar-refractivity contribution in [2.75, 3.05) is 5.73 Å². The molecule has 34 heavy (non-hydrogen) atoms. The molecule has 3 N–H and O–H groups in total. The molecular formula is C24H22F3N5O2. The average Bonchev–Trinajstić information content (AvgIpc) is 3.47. The Labute approximate surface area is 191 Å². The molecule has 2 saturated carbocycles. The number of fused-ring (bicyclic) bond motifs is 2. The number of rotatable bonds is 3. The smallest absolute Gasteiger partial charge is 0.390 e. The Morgan fingerprint density at radius 1 is 1.21 bits per heavy atom. The molecule has 7 nitrogen and oxygen atoms in total. The summed E-state index contributed by atoms with van der Waals surface area (Å²) < 4.78 is 42.3. The fourth-order valence-electron chi connectivity index (χ4n) is 5.26. The number of imidazole rings is 1. The van der Waals surface area contributed by atoms with Gasteiger partial charge in [-0.2, -0.15) is 13.2 Å². The molecule has 2 fully saturated rings. The summed E-state index contributed by atoms with van der Waals surface area (Å²) in [7, 11) is 0.